The molecular formula is C12H24O2. The van der Waals surface area contributed by atoms with E-state index in [4.69, 9.17) is 9.47 Å². The summed E-state index contributed by atoms with van der Waals surface area (Å²) in [6, 6.07) is 0. The van der Waals surface area contributed by atoms with E-state index >= 15 is 0 Å². The first kappa shape index (κ1) is 12.0. The Bertz CT molecular complexity index is 130. The number of methoxy groups -OCH3 is 1. The first-order valence-electron chi connectivity index (χ1n) is 5.89. The molecular weight excluding hydrogens is 176 g/mol. The summed E-state index contributed by atoms with van der Waals surface area (Å²) in [6.07, 6.45) is 6.98. The topological polar surface area (TPSA) is 18.5 Å². The Hall–Kier alpha value is -0.0800. The molecule has 0 aromatic carbocycles. The zero-order valence-corrected chi connectivity index (χ0v) is 9.63. The number of rotatable bonds is 6. The molecule has 1 atom stereocenters. The van der Waals surface area contributed by atoms with Crippen LogP contribution < -0.4 is 0 Å². The molecule has 0 amide bonds. The fourth-order valence-corrected chi connectivity index (χ4v) is 2.12. The second-order valence-electron chi connectivity index (χ2n) is 4.60. The first-order valence-corrected chi connectivity index (χ1v) is 5.89. The van der Waals surface area contributed by atoms with Crippen LogP contribution in [0.15, 0.2) is 0 Å². The van der Waals surface area contributed by atoms with E-state index in [1.807, 2.05) is 0 Å². The van der Waals surface area contributed by atoms with Crippen LogP contribution in [0.1, 0.15) is 39.0 Å². The molecule has 0 aliphatic heterocycles. The molecule has 14 heavy (non-hydrogen) atoms. The second-order valence-corrected chi connectivity index (χ2v) is 4.60. The Morgan fingerprint density at radius 1 is 1.14 bits per heavy atom. The highest BCUT2D eigenvalue weighted by Crippen LogP contribution is 2.23. The van der Waals surface area contributed by atoms with Crippen molar-refractivity contribution in [1.29, 1.82) is 0 Å². The Morgan fingerprint density at radius 3 is 2.50 bits per heavy atom. The fraction of sp³-hybridized carbons (Fsp3) is 1.00. The third-order valence-corrected chi connectivity index (χ3v) is 2.93. The van der Waals surface area contributed by atoms with Gasteiger partial charge in [0.25, 0.3) is 0 Å². The van der Waals surface area contributed by atoms with Gasteiger partial charge < -0.3 is 9.47 Å². The highest BCUT2D eigenvalue weighted by Gasteiger charge is 2.13. The average molecular weight is 200 g/mol. The standard InChI is InChI=1S/C12H24O2/c1-11(8-13-2)9-14-10-12-6-4-3-5-7-12/h11-12H,3-10H2,1-2H3. The summed E-state index contributed by atoms with van der Waals surface area (Å²) in [7, 11) is 1.75. The lowest BCUT2D eigenvalue weighted by Crippen LogP contribution is -2.18. The van der Waals surface area contributed by atoms with Crippen LogP contribution in [-0.4, -0.2) is 26.9 Å². The molecule has 84 valence electrons. The van der Waals surface area contributed by atoms with Crippen LogP contribution in [-0.2, 0) is 9.47 Å². The van der Waals surface area contributed by atoms with Crippen molar-refractivity contribution in [3.63, 3.8) is 0 Å². The van der Waals surface area contributed by atoms with Gasteiger partial charge in [0.1, 0.15) is 0 Å². The van der Waals surface area contributed by atoms with Crippen LogP contribution >= 0.6 is 0 Å². The van der Waals surface area contributed by atoms with Crippen molar-refractivity contribution < 1.29 is 9.47 Å². The monoisotopic (exact) mass is 200 g/mol. The lowest BCUT2D eigenvalue weighted by Gasteiger charge is -2.22. The van der Waals surface area contributed by atoms with Crippen LogP contribution in [0.2, 0.25) is 0 Å². The molecule has 1 saturated carbocycles. The Morgan fingerprint density at radius 2 is 1.86 bits per heavy atom. The quantitative estimate of drug-likeness (QED) is 0.656. The van der Waals surface area contributed by atoms with Crippen molar-refractivity contribution in [3.8, 4) is 0 Å². The summed E-state index contributed by atoms with van der Waals surface area (Å²) >= 11 is 0. The summed E-state index contributed by atoms with van der Waals surface area (Å²) in [5, 5.41) is 0. The summed E-state index contributed by atoms with van der Waals surface area (Å²) in [6.45, 7) is 4.80. The summed E-state index contributed by atoms with van der Waals surface area (Å²) in [5.74, 6) is 1.36. The van der Waals surface area contributed by atoms with Gasteiger partial charge in [-0.3, -0.25) is 0 Å². The van der Waals surface area contributed by atoms with Crippen molar-refractivity contribution in [3.05, 3.63) is 0 Å². The molecule has 0 N–H and O–H groups in total. The minimum atomic E-state index is 0.531. The smallest absolute Gasteiger partial charge is 0.0513 e. The predicted octanol–water partition coefficient (Wildman–Crippen LogP) is 2.87. The number of hydrogen-bond donors (Lipinski definition) is 0. The van der Waals surface area contributed by atoms with Crippen molar-refractivity contribution in [2.45, 2.75) is 39.0 Å². The molecule has 1 rings (SSSR count). The third-order valence-electron chi connectivity index (χ3n) is 2.93. The largest absolute Gasteiger partial charge is 0.384 e. The molecule has 1 aliphatic rings. The van der Waals surface area contributed by atoms with E-state index in [2.05, 4.69) is 6.92 Å². The number of ether oxygens (including phenoxy) is 2. The van der Waals surface area contributed by atoms with E-state index in [-0.39, 0.29) is 0 Å². The van der Waals surface area contributed by atoms with E-state index in [9.17, 15) is 0 Å². The molecule has 1 fully saturated rings. The van der Waals surface area contributed by atoms with Crippen LogP contribution in [0.4, 0.5) is 0 Å². The summed E-state index contributed by atoms with van der Waals surface area (Å²) in [4.78, 5) is 0. The minimum Gasteiger partial charge on any atom is -0.384 e. The molecule has 0 radical (unpaired) electrons. The maximum absolute atomic E-state index is 5.71. The maximum Gasteiger partial charge on any atom is 0.0513 e. The van der Waals surface area contributed by atoms with E-state index < -0.39 is 0 Å². The number of hydrogen-bond acceptors (Lipinski definition) is 2. The highest BCUT2D eigenvalue weighted by molar-refractivity contribution is 4.65. The maximum atomic E-state index is 5.71. The zero-order chi connectivity index (χ0) is 10.2. The highest BCUT2D eigenvalue weighted by atomic mass is 16.5. The van der Waals surface area contributed by atoms with Crippen molar-refractivity contribution in [1.82, 2.24) is 0 Å². The van der Waals surface area contributed by atoms with Gasteiger partial charge in [-0.15, -0.1) is 0 Å². The second kappa shape index (κ2) is 7.24. The average Bonchev–Trinajstić information content (AvgIpc) is 2.20. The van der Waals surface area contributed by atoms with Gasteiger partial charge in [-0.05, 0) is 18.8 Å². The van der Waals surface area contributed by atoms with E-state index in [0.717, 1.165) is 25.7 Å². The van der Waals surface area contributed by atoms with Gasteiger partial charge in [0.2, 0.25) is 0 Å². The SMILES string of the molecule is COCC(C)COCC1CCCCC1. The van der Waals surface area contributed by atoms with Crippen molar-refractivity contribution in [2.24, 2.45) is 11.8 Å². The van der Waals surface area contributed by atoms with Gasteiger partial charge >= 0.3 is 0 Å². The van der Waals surface area contributed by atoms with Gasteiger partial charge in [0, 0.05) is 19.6 Å². The van der Waals surface area contributed by atoms with E-state index in [1.54, 1.807) is 7.11 Å². The van der Waals surface area contributed by atoms with Gasteiger partial charge in [-0.2, -0.15) is 0 Å². The fourth-order valence-electron chi connectivity index (χ4n) is 2.12. The van der Waals surface area contributed by atoms with Crippen LogP contribution in [0, 0.1) is 11.8 Å². The van der Waals surface area contributed by atoms with Crippen LogP contribution in [0.3, 0.4) is 0 Å². The van der Waals surface area contributed by atoms with Gasteiger partial charge in [-0.1, -0.05) is 26.2 Å². The van der Waals surface area contributed by atoms with Crippen LogP contribution in [0.25, 0.3) is 0 Å². The van der Waals surface area contributed by atoms with E-state index in [1.165, 1.54) is 32.1 Å². The molecule has 0 aromatic heterocycles. The molecule has 1 unspecified atom stereocenters. The lowest BCUT2D eigenvalue weighted by molar-refractivity contribution is 0.0394. The summed E-state index contributed by atoms with van der Waals surface area (Å²) < 4.78 is 10.8. The minimum absolute atomic E-state index is 0.531. The molecule has 1 aliphatic carbocycles. The summed E-state index contributed by atoms with van der Waals surface area (Å²) in [5.41, 5.74) is 0. The molecule has 0 saturated heterocycles. The van der Waals surface area contributed by atoms with Crippen molar-refractivity contribution >= 4 is 0 Å². The van der Waals surface area contributed by atoms with Gasteiger partial charge in [0.05, 0.1) is 13.2 Å². The Labute approximate surface area is 88.0 Å². The predicted molar refractivity (Wildman–Crippen MR) is 58.4 cm³/mol. The molecule has 0 spiro atoms. The molecule has 0 bridgehead atoms. The van der Waals surface area contributed by atoms with Gasteiger partial charge in [0.15, 0.2) is 0 Å². The lowest BCUT2D eigenvalue weighted by atomic mass is 9.90. The van der Waals surface area contributed by atoms with E-state index in [0.29, 0.717) is 5.92 Å². The normalized spacial score (nSPS) is 21.0. The van der Waals surface area contributed by atoms with Crippen LogP contribution in [0.5, 0.6) is 0 Å². The van der Waals surface area contributed by atoms with Crippen molar-refractivity contribution in [2.75, 3.05) is 26.9 Å². The molecule has 2 heteroatoms. The third kappa shape index (κ3) is 4.97. The first-order chi connectivity index (χ1) is 6.83. The Kier molecular flexibility index (Phi) is 6.20. The Balaban J connectivity index is 1.96. The van der Waals surface area contributed by atoms with Gasteiger partial charge in [-0.25, -0.2) is 0 Å². The molecule has 0 aromatic rings. The molecule has 2 nitrogen and oxygen atoms in total. The zero-order valence-electron chi connectivity index (χ0n) is 9.63. The molecule has 0 heterocycles.